The number of hydrogen-bond acceptors (Lipinski definition) is 2. The van der Waals surface area contributed by atoms with E-state index in [1.807, 2.05) is 0 Å². The average molecular weight is 155 g/mol. The van der Waals surface area contributed by atoms with Crippen LogP contribution < -0.4 is 5.73 Å². The van der Waals surface area contributed by atoms with Crippen molar-refractivity contribution >= 4 is 5.69 Å². The number of nitrogen functional groups attached to an aromatic ring is 1. The molecule has 0 amide bonds. The molecule has 0 spiro atoms. The minimum absolute atomic E-state index is 0.106. The predicted octanol–water partition coefficient (Wildman–Crippen LogP) is 1.46. The van der Waals surface area contributed by atoms with Gasteiger partial charge in [0.15, 0.2) is 0 Å². The van der Waals surface area contributed by atoms with Gasteiger partial charge in [0.1, 0.15) is 5.82 Å². The molecule has 1 aromatic rings. The van der Waals surface area contributed by atoms with Gasteiger partial charge < -0.3 is 10.8 Å². The van der Waals surface area contributed by atoms with Gasteiger partial charge in [-0.1, -0.05) is 6.07 Å². The van der Waals surface area contributed by atoms with Crippen LogP contribution in [0.3, 0.4) is 0 Å². The zero-order valence-electron chi connectivity index (χ0n) is 6.21. The van der Waals surface area contributed by atoms with Gasteiger partial charge in [-0.2, -0.15) is 0 Å². The Kier molecular flexibility index (Phi) is 2.10. The number of rotatable bonds is 1. The third kappa shape index (κ3) is 1.68. The molecular weight excluding hydrogens is 145 g/mol. The summed E-state index contributed by atoms with van der Waals surface area (Å²) in [7, 11) is 0. The largest absolute Gasteiger partial charge is 0.396 e. The van der Waals surface area contributed by atoms with Crippen LogP contribution in [-0.4, -0.2) is 5.11 Å². The first-order valence-corrected chi connectivity index (χ1v) is 3.34. The topological polar surface area (TPSA) is 46.2 Å². The van der Waals surface area contributed by atoms with Crippen molar-refractivity contribution in [3.63, 3.8) is 0 Å². The third-order valence-corrected chi connectivity index (χ3v) is 1.51. The van der Waals surface area contributed by atoms with E-state index < -0.39 is 11.9 Å². The Morgan fingerprint density at radius 1 is 1.55 bits per heavy atom. The smallest absolute Gasteiger partial charge is 0.146 e. The van der Waals surface area contributed by atoms with Gasteiger partial charge in [0.2, 0.25) is 0 Å². The van der Waals surface area contributed by atoms with Gasteiger partial charge >= 0.3 is 0 Å². The molecule has 60 valence electrons. The van der Waals surface area contributed by atoms with Crippen molar-refractivity contribution in [1.82, 2.24) is 0 Å². The van der Waals surface area contributed by atoms with Crippen molar-refractivity contribution in [2.75, 3.05) is 5.73 Å². The first-order chi connectivity index (χ1) is 5.11. The monoisotopic (exact) mass is 155 g/mol. The van der Waals surface area contributed by atoms with Crippen LogP contribution in [0, 0.1) is 5.82 Å². The van der Waals surface area contributed by atoms with E-state index in [1.54, 1.807) is 13.0 Å². The Labute approximate surface area is 64.5 Å². The second-order valence-electron chi connectivity index (χ2n) is 2.46. The van der Waals surface area contributed by atoms with Gasteiger partial charge in [0.25, 0.3) is 0 Å². The molecule has 0 aliphatic carbocycles. The van der Waals surface area contributed by atoms with Crippen LogP contribution in [0.4, 0.5) is 10.1 Å². The molecule has 2 nitrogen and oxygen atoms in total. The van der Waals surface area contributed by atoms with E-state index in [2.05, 4.69) is 0 Å². The number of halogens is 1. The highest BCUT2D eigenvalue weighted by Crippen LogP contribution is 2.17. The minimum atomic E-state index is -0.648. The van der Waals surface area contributed by atoms with Gasteiger partial charge in [0.05, 0.1) is 11.8 Å². The fourth-order valence-electron chi connectivity index (χ4n) is 0.803. The van der Waals surface area contributed by atoms with Crippen LogP contribution in [-0.2, 0) is 0 Å². The Bertz CT molecular complexity index is 260. The SMILES string of the molecule is CC(O)c1ccc(N)c(F)c1. The lowest BCUT2D eigenvalue weighted by Gasteiger charge is -2.04. The van der Waals surface area contributed by atoms with Crippen molar-refractivity contribution in [2.24, 2.45) is 0 Å². The second-order valence-corrected chi connectivity index (χ2v) is 2.46. The highest BCUT2D eigenvalue weighted by molar-refractivity contribution is 5.41. The van der Waals surface area contributed by atoms with E-state index in [0.29, 0.717) is 5.56 Å². The van der Waals surface area contributed by atoms with Gasteiger partial charge in [0, 0.05) is 0 Å². The second kappa shape index (κ2) is 2.88. The molecule has 3 heteroatoms. The summed E-state index contributed by atoms with van der Waals surface area (Å²) in [4.78, 5) is 0. The lowest BCUT2D eigenvalue weighted by molar-refractivity contribution is 0.199. The Balaban J connectivity index is 3.05. The molecule has 0 saturated carbocycles. The van der Waals surface area contributed by atoms with Gasteiger partial charge in [-0.05, 0) is 24.6 Å². The Morgan fingerprint density at radius 3 is 2.64 bits per heavy atom. The van der Waals surface area contributed by atoms with Gasteiger partial charge in [-0.15, -0.1) is 0 Å². The molecule has 3 N–H and O–H groups in total. The first kappa shape index (κ1) is 8.01. The lowest BCUT2D eigenvalue weighted by Crippen LogP contribution is -1.95. The summed E-state index contributed by atoms with van der Waals surface area (Å²) in [5, 5.41) is 9.03. The number of anilines is 1. The van der Waals surface area contributed by atoms with E-state index in [-0.39, 0.29) is 5.69 Å². The molecule has 0 heterocycles. The van der Waals surface area contributed by atoms with E-state index in [4.69, 9.17) is 10.8 Å². The summed E-state index contributed by atoms with van der Waals surface area (Å²) >= 11 is 0. The molecular formula is C8H10FNO. The summed E-state index contributed by atoms with van der Waals surface area (Å²) in [5.74, 6) is -0.483. The maximum absolute atomic E-state index is 12.7. The summed E-state index contributed by atoms with van der Waals surface area (Å²) in [6.07, 6.45) is -0.648. The number of hydrogen-bond donors (Lipinski definition) is 2. The van der Waals surface area contributed by atoms with Crippen LogP contribution in [0.2, 0.25) is 0 Å². The molecule has 11 heavy (non-hydrogen) atoms. The molecule has 1 aromatic carbocycles. The first-order valence-electron chi connectivity index (χ1n) is 3.34. The van der Waals surface area contributed by atoms with E-state index in [0.717, 1.165) is 0 Å². The zero-order valence-corrected chi connectivity index (χ0v) is 6.21. The molecule has 0 fully saturated rings. The molecule has 0 aromatic heterocycles. The summed E-state index contributed by atoms with van der Waals surface area (Å²) < 4.78 is 12.7. The average Bonchev–Trinajstić information content (AvgIpc) is 1.94. The lowest BCUT2D eigenvalue weighted by atomic mass is 10.1. The molecule has 0 saturated heterocycles. The minimum Gasteiger partial charge on any atom is -0.396 e. The number of aliphatic hydroxyl groups excluding tert-OH is 1. The normalized spacial score (nSPS) is 13.0. The highest BCUT2D eigenvalue weighted by atomic mass is 19.1. The summed E-state index contributed by atoms with van der Waals surface area (Å²) in [5.41, 5.74) is 5.88. The molecule has 0 radical (unpaired) electrons. The molecule has 0 aliphatic rings. The molecule has 1 rings (SSSR count). The Morgan fingerprint density at radius 2 is 2.18 bits per heavy atom. The van der Waals surface area contributed by atoms with Crippen LogP contribution >= 0.6 is 0 Å². The van der Waals surface area contributed by atoms with Gasteiger partial charge in [-0.3, -0.25) is 0 Å². The number of aliphatic hydroxyl groups is 1. The molecule has 1 unspecified atom stereocenters. The summed E-state index contributed by atoms with van der Waals surface area (Å²) in [6, 6.07) is 4.28. The Hall–Kier alpha value is -1.09. The quantitative estimate of drug-likeness (QED) is 0.603. The predicted molar refractivity (Wildman–Crippen MR) is 41.4 cm³/mol. The van der Waals surface area contributed by atoms with Crippen LogP contribution in [0.5, 0.6) is 0 Å². The van der Waals surface area contributed by atoms with Crippen LogP contribution in [0.15, 0.2) is 18.2 Å². The van der Waals surface area contributed by atoms with Crippen molar-refractivity contribution in [1.29, 1.82) is 0 Å². The maximum Gasteiger partial charge on any atom is 0.146 e. The number of nitrogens with two attached hydrogens (primary N) is 1. The zero-order chi connectivity index (χ0) is 8.43. The standard InChI is InChI=1S/C8H10FNO/c1-5(11)6-2-3-8(10)7(9)4-6/h2-5,11H,10H2,1H3. The van der Waals surface area contributed by atoms with Crippen molar-refractivity contribution < 1.29 is 9.50 Å². The van der Waals surface area contributed by atoms with E-state index >= 15 is 0 Å². The maximum atomic E-state index is 12.7. The molecule has 1 atom stereocenters. The van der Waals surface area contributed by atoms with E-state index in [9.17, 15) is 4.39 Å². The van der Waals surface area contributed by atoms with E-state index in [1.165, 1.54) is 12.1 Å². The summed E-state index contributed by atoms with van der Waals surface area (Å²) in [6.45, 7) is 1.57. The fraction of sp³-hybridized carbons (Fsp3) is 0.250. The van der Waals surface area contributed by atoms with Crippen molar-refractivity contribution in [2.45, 2.75) is 13.0 Å². The van der Waals surface area contributed by atoms with Crippen molar-refractivity contribution in [3.8, 4) is 0 Å². The number of benzene rings is 1. The van der Waals surface area contributed by atoms with Gasteiger partial charge in [-0.25, -0.2) is 4.39 Å². The van der Waals surface area contributed by atoms with Crippen LogP contribution in [0.1, 0.15) is 18.6 Å². The highest BCUT2D eigenvalue weighted by Gasteiger charge is 2.03. The van der Waals surface area contributed by atoms with Crippen LogP contribution in [0.25, 0.3) is 0 Å². The third-order valence-electron chi connectivity index (χ3n) is 1.51. The fourth-order valence-corrected chi connectivity index (χ4v) is 0.803. The molecule has 0 aliphatic heterocycles. The van der Waals surface area contributed by atoms with Crippen molar-refractivity contribution in [3.05, 3.63) is 29.6 Å². The molecule has 0 bridgehead atoms.